The van der Waals surface area contributed by atoms with Crippen LogP contribution in [-0.4, -0.2) is 87.1 Å². The quantitative estimate of drug-likeness (QED) is 0.107. The van der Waals surface area contributed by atoms with E-state index in [9.17, 15) is 39.0 Å². The number of benzene rings is 1. The maximum atomic E-state index is 13.2. The molecule has 1 rings (SSSR count). The van der Waals surface area contributed by atoms with Crippen molar-refractivity contribution in [2.45, 2.75) is 56.3 Å². The fourth-order valence-electron chi connectivity index (χ4n) is 3.21. The Morgan fingerprint density at radius 2 is 1.42 bits per heavy atom. The largest absolute Gasteiger partial charge is 0.508 e. The summed E-state index contributed by atoms with van der Waals surface area (Å²) in [5.41, 5.74) is 11.5. The molecule has 0 aliphatic carbocycles. The lowest BCUT2D eigenvalue weighted by atomic mass is 10.0. The van der Waals surface area contributed by atoms with Gasteiger partial charge in [-0.05, 0) is 42.5 Å². The molecule has 0 spiro atoms. The smallest absolute Gasteiger partial charge is 0.326 e. The number of phenols is 1. The van der Waals surface area contributed by atoms with E-state index in [4.69, 9.17) is 16.6 Å². The Labute approximate surface area is 222 Å². The normalized spacial score (nSPS) is 13.8. The van der Waals surface area contributed by atoms with E-state index in [1.165, 1.54) is 36.0 Å². The maximum absolute atomic E-state index is 13.2. The van der Waals surface area contributed by atoms with Gasteiger partial charge < -0.3 is 42.7 Å². The van der Waals surface area contributed by atoms with Crippen LogP contribution in [0.1, 0.15) is 31.2 Å². The average Bonchev–Trinajstić information content (AvgIpc) is 2.84. The molecule has 0 aliphatic rings. The molecule has 4 unspecified atom stereocenters. The number of hydrogen-bond acceptors (Lipinski definition) is 9. The van der Waals surface area contributed by atoms with Gasteiger partial charge in [-0.15, -0.1) is 0 Å². The molecule has 0 saturated carbocycles. The number of primary amides is 1. The third-order valence-electron chi connectivity index (χ3n) is 5.28. The summed E-state index contributed by atoms with van der Waals surface area (Å²) >= 11 is 1.37. The Hall–Kier alpha value is -3.85. The first-order valence-corrected chi connectivity index (χ1v) is 12.9. The van der Waals surface area contributed by atoms with E-state index < -0.39 is 66.2 Å². The number of carbonyl (C=O) groups excluding carboxylic acids is 4. The van der Waals surface area contributed by atoms with Crippen LogP contribution in [0, 0.1) is 0 Å². The number of hydrogen-bond donors (Lipinski definition) is 8. The summed E-state index contributed by atoms with van der Waals surface area (Å²) in [7, 11) is 0. The zero-order valence-corrected chi connectivity index (χ0v) is 21.5. The molecular weight excluding hydrogens is 522 g/mol. The molecular formula is C23H33N5O9S. The van der Waals surface area contributed by atoms with Crippen LogP contribution < -0.4 is 27.4 Å². The lowest BCUT2D eigenvalue weighted by Gasteiger charge is -2.25. The number of aliphatic carboxylic acids is 2. The standard InChI is InChI=1S/C23H33N5O9S/c1-38-9-8-15(23(36)37)26-22(35)17(11-18(25)30)28-21(34)16(10-12-2-4-13(29)5-3-12)27-20(33)14(24)6-7-19(31)32/h2-5,14-17,29H,6-11,24H2,1H3,(H2,25,30)(H,26,35)(H,27,33)(H,28,34)(H,31,32)(H,36,37). The molecule has 15 heteroatoms. The van der Waals surface area contributed by atoms with Gasteiger partial charge in [0.25, 0.3) is 0 Å². The molecule has 4 atom stereocenters. The predicted octanol–water partition coefficient (Wildman–Crippen LogP) is -1.71. The van der Waals surface area contributed by atoms with Crippen molar-refractivity contribution in [1.29, 1.82) is 0 Å². The third kappa shape index (κ3) is 11.9. The van der Waals surface area contributed by atoms with E-state index in [1.807, 2.05) is 0 Å². The van der Waals surface area contributed by atoms with Crippen molar-refractivity contribution in [2.75, 3.05) is 12.0 Å². The molecule has 1 aromatic rings. The van der Waals surface area contributed by atoms with E-state index in [0.717, 1.165) is 0 Å². The lowest BCUT2D eigenvalue weighted by Crippen LogP contribution is -2.58. The van der Waals surface area contributed by atoms with Gasteiger partial charge in [-0.2, -0.15) is 11.8 Å². The van der Waals surface area contributed by atoms with Crippen molar-refractivity contribution < 1.29 is 44.1 Å². The topological polar surface area (TPSA) is 251 Å². The minimum Gasteiger partial charge on any atom is -0.508 e. The highest BCUT2D eigenvalue weighted by Crippen LogP contribution is 2.12. The zero-order chi connectivity index (χ0) is 28.8. The highest BCUT2D eigenvalue weighted by atomic mass is 32.2. The van der Waals surface area contributed by atoms with Gasteiger partial charge in [0.1, 0.15) is 23.9 Å². The summed E-state index contributed by atoms with van der Waals surface area (Å²) in [5, 5.41) is 34.7. The number of carbonyl (C=O) groups is 6. The van der Waals surface area contributed by atoms with Crippen LogP contribution in [0.3, 0.4) is 0 Å². The number of carboxylic acid groups (broad SMARTS) is 2. The molecule has 0 radical (unpaired) electrons. The first-order chi connectivity index (χ1) is 17.8. The van der Waals surface area contributed by atoms with Crippen LogP contribution in [-0.2, 0) is 35.2 Å². The van der Waals surface area contributed by atoms with E-state index in [1.54, 1.807) is 6.26 Å². The van der Waals surface area contributed by atoms with Crippen molar-refractivity contribution >= 4 is 47.3 Å². The number of phenolic OH excluding ortho intramolecular Hbond substituents is 1. The van der Waals surface area contributed by atoms with E-state index in [-0.39, 0.29) is 31.4 Å². The van der Waals surface area contributed by atoms with Crippen LogP contribution in [0.15, 0.2) is 24.3 Å². The minimum atomic E-state index is -1.55. The molecule has 38 heavy (non-hydrogen) atoms. The molecule has 14 nitrogen and oxygen atoms in total. The fourth-order valence-corrected chi connectivity index (χ4v) is 3.69. The number of thioether (sulfide) groups is 1. The van der Waals surface area contributed by atoms with Crippen molar-refractivity contribution in [3.8, 4) is 5.75 Å². The number of nitrogens with one attached hydrogen (secondary N) is 3. The van der Waals surface area contributed by atoms with Gasteiger partial charge in [-0.25, -0.2) is 4.79 Å². The second-order valence-corrected chi connectivity index (χ2v) is 9.37. The summed E-state index contributed by atoms with van der Waals surface area (Å²) < 4.78 is 0. The van der Waals surface area contributed by atoms with Crippen molar-refractivity contribution in [1.82, 2.24) is 16.0 Å². The molecule has 4 amide bonds. The van der Waals surface area contributed by atoms with E-state index in [0.29, 0.717) is 11.3 Å². The highest BCUT2D eigenvalue weighted by Gasteiger charge is 2.31. The molecule has 10 N–H and O–H groups in total. The summed E-state index contributed by atoms with van der Waals surface area (Å²) in [6, 6.07) is 0.282. The van der Waals surface area contributed by atoms with Gasteiger partial charge >= 0.3 is 11.9 Å². The molecule has 0 aromatic heterocycles. The van der Waals surface area contributed by atoms with Crippen molar-refractivity contribution in [3.63, 3.8) is 0 Å². The second-order valence-electron chi connectivity index (χ2n) is 8.38. The number of carboxylic acids is 2. The maximum Gasteiger partial charge on any atom is 0.326 e. The van der Waals surface area contributed by atoms with Crippen LogP contribution in [0.4, 0.5) is 0 Å². The SMILES string of the molecule is CSCCC(NC(=O)C(CC(N)=O)NC(=O)C(Cc1ccc(O)cc1)NC(=O)C(N)CCC(=O)O)C(=O)O. The summed E-state index contributed by atoms with van der Waals surface area (Å²) in [4.78, 5) is 72.4. The van der Waals surface area contributed by atoms with Crippen LogP contribution in [0.5, 0.6) is 5.75 Å². The Bertz CT molecular complexity index is 1010. The molecule has 1 aromatic carbocycles. The fraction of sp³-hybridized carbons (Fsp3) is 0.478. The number of amides is 4. The zero-order valence-electron chi connectivity index (χ0n) is 20.7. The Balaban J connectivity index is 3.12. The summed E-state index contributed by atoms with van der Waals surface area (Å²) in [6.07, 6.45) is 0.490. The third-order valence-corrected chi connectivity index (χ3v) is 5.92. The highest BCUT2D eigenvalue weighted by molar-refractivity contribution is 7.98. The summed E-state index contributed by atoms with van der Waals surface area (Å²) in [5.74, 6) is -5.73. The van der Waals surface area contributed by atoms with Gasteiger partial charge in [0, 0.05) is 12.8 Å². The Kier molecular flexibility index (Phi) is 13.6. The molecule has 0 bridgehead atoms. The van der Waals surface area contributed by atoms with Gasteiger partial charge in [-0.1, -0.05) is 12.1 Å². The monoisotopic (exact) mass is 555 g/mol. The van der Waals surface area contributed by atoms with Crippen molar-refractivity contribution in [3.05, 3.63) is 29.8 Å². The minimum absolute atomic E-state index is 0.0397. The Morgan fingerprint density at radius 1 is 0.868 bits per heavy atom. The number of nitrogens with two attached hydrogens (primary N) is 2. The first-order valence-electron chi connectivity index (χ1n) is 11.5. The average molecular weight is 556 g/mol. The molecule has 0 aliphatic heterocycles. The van der Waals surface area contributed by atoms with Crippen LogP contribution >= 0.6 is 11.8 Å². The second kappa shape index (κ2) is 16.1. The van der Waals surface area contributed by atoms with Gasteiger partial charge in [-0.3, -0.25) is 24.0 Å². The number of rotatable bonds is 17. The lowest BCUT2D eigenvalue weighted by molar-refractivity contribution is -0.142. The van der Waals surface area contributed by atoms with Gasteiger partial charge in [0.2, 0.25) is 23.6 Å². The van der Waals surface area contributed by atoms with Gasteiger partial charge in [0.15, 0.2) is 0 Å². The van der Waals surface area contributed by atoms with E-state index in [2.05, 4.69) is 16.0 Å². The van der Waals surface area contributed by atoms with Crippen molar-refractivity contribution in [2.24, 2.45) is 11.5 Å². The van der Waals surface area contributed by atoms with Crippen LogP contribution in [0.2, 0.25) is 0 Å². The Morgan fingerprint density at radius 3 is 1.95 bits per heavy atom. The molecule has 0 fully saturated rings. The van der Waals surface area contributed by atoms with Gasteiger partial charge in [0.05, 0.1) is 12.5 Å². The first kappa shape index (κ1) is 32.2. The summed E-state index contributed by atoms with van der Waals surface area (Å²) in [6.45, 7) is 0. The van der Waals surface area contributed by atoms with E-state index >= 15 is 0 Å². The molecule has 210 valence electrons. The molecule has 0 heterocycles. The van der Waals surface area contributed by atoms with Crippen LogP contribution in [0.25, 0.3) is 0 Å². The molecule has 0 saturated heterocycles. The predicted molar refractivity (Wildman–Crippen MR) is 137 cm³/mol. The number of aromatic hydroxyl groups is 1.